The predicted octanol–water partition coefficient (Wildman–Crippen LogP) is 3.75. The fourth-order valence-electron chi connectivity index (χ4n) is 2.98. The van der Waals surface area contributed by atoms with Gasteiger partial charge in [-0.1, -0.05) is 18.6 Å². The highest BCUT2D eigenvalue weighted by Crippen LogP contribution is 2.36. The first-order valence-corrected chi connectivity index (χ1v) is 8.54. The molecular formula is C19H20N4O2. The predicted molar refractivity (Wildman–Crippen MR) is 94.1 cm³/mol. The zero-order valence-electron chi connectivity index (χ0n) is 14.1. The van der Waals surface area contributed by atoms with Gasteiger partial charge in [-0.2, -0.15) is 0 Å². The molecule has 0 atom stereocenters. The van der Waals surface area contributed by atoms with Crippen molar-refractivity contribution in [2.75, 3.05) is 5.32 Å². The van der Waals surface area contributed by atoms with Crippen LogP contribution in [0.3, 0.4) is 0 Å². The molecule has 1 aliphatic carbocycles. The quantitative estimate of drug-likeness (QED) is 0.770. The number of hydrogen-bond acceptors (Lipinski definition) is 4. The van der Waals surface area contributed by atoms with Crippen LogP contribution in [0.5, 0.6) is 0 Å². The van der Waals surface area contributed by atoms with E-state index >= 15 is 0 Å². The van der Waals surface area contributed by atoms with Gasteiger partial charge >= 0.3 is 0 Å². The van der Waals surface area contributed by atoms with Gasteiger partial charge in [-0.05, 0) is 49.6 Å². The van der Waals surface area contributed by atoms with Crippen LogP contribution in [0, 0.1) is 6.92 Å². The molecule has 6 nitrogen and oxygen atoms in total. The summed E-state index contributed by atoms with van der Waals surface area (Å²) in [5.41, 5.74) is 2.66. The summed E-state index contributed by atoms with van der Waals surface area (Å²) in [6, 6.07) is 11.5. The number of carbonyl (C=O) groups is 1. The Morgan fingerprint density at radius 1 is 1.28 bits per heavy atom. The van der Waals surface area contributed by atoms with Crippen molar-refractivity contribution in [3.05, 3.63) is 54.0 Å². The molecule has 0 unspecified atom stereocenters. The number of benzene rings is 1. The molecule has 3 aromatic rings. The van der Waals surface area contributed by atoms with Crippen molar-refractivity contribution in [2.45, 2.75) is 38.6 Å². The Morgan fingerprint density at radius 3 is 2.92 bits per heavy atom. The lowest BCUT2D eigenvalue weighted by Gasteiger charge is -2.20. The molecule has 1 aliphatic rings. The van der Waals surface area contributed by atoms with Gasteiger partial charge in [0.15, 0.2) is 0 Å². The third kappa shape index (κ3) is 3.33. The van der Waals surface area contributed by atoms with Gasteiger partial charge in [0.1, 0.15) is 12.2 Å². The summed E-state index contributed by atoms with van der Waals surface area (Å²) in [7, 11) is 0. The van der Waals surface area contributed by atoms with E-state index in [4.69, 9.17) is 4.42 Å². The van der Waals surface area contributed by atoms with Gasteiger partial charge in [0.05, 0.1) is 0 Å². The van der Waals surface area contributed by atoms with Crippen LogP contribution in [0.2, 0.25) is 0 Å². The number of aromatic nitrogens is 3. The normalized spacial score (nSPS) is 14.3. The summed E-state index contributed by atoms with van der Waals surface area (Å²) in [5.74, 6) is 1.48. The Labute approximate surface area is 145 Å². The summed E-state index contributed by atoms with van der Waals surface area (Å²) < 4.78 is 7.64. The van der Waals surface area contributed by atoms with Gasteiger partial charge in [-0.15, -0.1) is 10.2 Å². The smallest absolute Gasteiger partial charge is 0.264 e. The zero-order valence-corrected chi connectivity index (χ0v) is 14.1. The zero-order chi connectivity index (χ0) is 17.2. The number of amides is 1. The Morgan fingerprint density at radius 2 is 2.16 bits per heavy atom. The van der Waals surface area contributed by atoms with Gasteiger partial charge in [0.2, 0.25) is 11.8 Å². The van der Waals surface area contributed by atoms with Crippen molar-refractivity contribution in [1.82, 2.24) is 14.8 Å². The molecule has 1 N–H and O–H groups in total. The molecule has 1 fully saturated rings. The first-order chi connectivity index (χ1) is 12.2. The molecule has 0 bridgehead atoms. The van der Waals surface area contributed by atoms with Gasteiger partial charge in [-0.25, -0.2) is 0 Å². The highest BCUT2D eigenvalue weighted by molar-refractivity contribution is 5.90. The maximum atomic E-state index is 12.3. The van der Waals surface area contributed by atoms with E-state index in [1.54, 1.807) is 0 Å². The minimum atomic E-state index is -0.0956. The standard InChI is InChI=1S/C19H20N4O2/c1-13-5-2-8-15(11-13)20-17(24)12-23-10-4-9-16(23)19-22-21-18(25-19)14-6-3-7-14/h2,4-5,8-11,14H,3,6-7,12H2,1H3,(H,20,24). The van der Waals surface area contributed by atoms with Crippen molar-refractivity contribution < 1.29 is 9.21 Å². The third-order valence-electron chi connectivity index (χ3n) is 4.56. The summed E-state index contributed by atoms with van der Waals surface area (Å²) in [4.78, 5) is 12.3. The van der Waals surface area contributed by atoms with Crippen LogP contribution in [-0.4, -0.2) is 20.7 Å². The molecule has 1 saturated carbocycles. The third-order valence-corrected chi connectivity index (χ3v) is 4.56. The number of nitrogens with zero attached hydrogens (tertiary/aromatic N) is 3. The maximum absolute atomic E-state index is 12.3. The molecular weight excluding hydrogens is 316 g/mol. The molecule has 25 heavy (non-hydrogen) atoms. The monoisotopic (exact) mass is 336 g/mol. The van der Waals surface area contributed by atoms with E-state index in [-0.39, 0.29) is 12.5 Å². The Balaban J connectivity index is 1.47. The molecule has 1 aromatic carbocycles. The maximum Gasteiger partial charge on any atom is 0.264 e. The number of hydrogen-bond donors (Lipinski definition) is 1. The molecule has 2 heterocycles. The summed E-state index contributed by atoms with van der Waals surface area (Å²) in [6.07, 6.45) is 5.29. The molecule has 4 rings (SSSR count). The van der Waals surface area contributed by atoms with Crippen molar-refractivity contribution in [1.29, 1.82) is 0 Å². The number of rotatable bonds is 5. The van der Waals surface area contributed by atoms with Crippen LogP contribution in [0.15, 0.2) is 47.0 Å². The SMILES string of the molecule is Cc1cccc(NC(=O)Cn2cccc2-c2nnc(C3CCC3)o2)c1. The number of carbonyl (C=O) groups excluding carboxylic acids is 1. The average molecular weight is 336 g/mol. The highest BCUT2D eigenvalue weighted by atomic mass is 16.4. The lowest BCUT2D eigenvalue weighted by molar-refractivity contribution is -0.116. The van der Waals surface area contributed by atoms with E-state index < -0.39 is 0 Å². The van der Waals surface area contributed by atoms with E-state index in [9.17, 15) is 4.79 Å². The average Bonchev–Trinajstić information content (AvgIpc) is 3.14. The molecule has 2 aromatic heterocycles. The Kier molecular flexibility index (Phi) is 4.09. The first kappa shape index (κ1) is 15.6. The summed E-state index contributed by atoms with van der Waals surface area (Å²) in [6.45, 7) is 2.19. The number of nitrogens with one attached hydrogen (secondary N) is 1. The second-order valence-electron chi connectivity index (χ2n) is 6.51. The number of aryl methyl sites for hydroxylation is 1. The van der Waals surface area contributed by atoms with Crippen LogP contribution in [0.1, 0.15) is 36.6 Å². The van der Waals surface area contributed by atoms with Crippen molar-refractivity contribution in [2.24, 2.45) is 0 Å². The van der Waals surface area contributed by atoms with E-state index in [0.717, 1.165) is 29.8 Å². The van der Waals surface area contributed by atoms with Gasteiger partial charge in [-0.3, -0.25) is 4.79 Å². The first-order valence-electron chi connectivity index (χ1n) is 8.54. The fourth-order valence-corrected chi connectivity index (χ4v) is 2.98. The summed E-state index contributed by atoms with van der Waals surface area (Å²) >= 11 is 0. The Hall–Kier alpha value is -2.89. The lowest BCUT2D eigenvalue weighted by Crippen LogP contribution is -2.18. The van der Waals surface area contributed by atoms with Crippen LogP contribution in [0.4, 0.5) is 5.69 Å². The molecule has 0 spiro atoms. The second-order valence-corrected chi connectivity index (χ2v) is 6.51. The molecule has 0 radical (unpaired) electrons. The molecule has 0 aliphatic heterocycles. The van der Waals surface area contributed by atoms with E-state index in [1.807, 2.05) is 54.1 Å². The lowest BCUT2D eigenvalue weighted by atomic mass is 9.85. The minimum Gasteiger partial charge on any atom is -0.419 e. The van der Waals surface area contributed by atoms with Crippen LogP contribution in [0.25, 0.3) is 11.6 Å². The second kappa shape index (κ2) is 6.55. The Bertz CT molecular complexity index is 892. The van der Waals surface area contributed by atoms with Crippen molar-refractivity contribution in [3.8, 4) is 11.6 Å². The van der Waals surface area contributed by atoms with E-state index in [2.05, 4.69) is 15.5 Å². The van der Waals surface area contributed by atoms with Crippen LogP contribution in [-0.2, 0) is 11.3 Å². The van der Waals surface area contributed by atoms with Crippen LogP contribution >= 0.6 is 0 Å². The molecule has 128 valence electrons. The number of anilines is 1. The summed E-state index contributed by atoms with van der Waals surface area (Å²) in [5, 5.41) is 11.2. The molecule has 0 saturated heterocycles. The van der Waals surface area contributed by atoms with Crippen molar-refractivity contribution >= 4 is 11.6 Å². The molecule has 6 heteroatoms. The topological polar surface area (TPSA) is 73.0 Å². The van der Waals surface area contributed by atoms with Crippen LogP contribution < -0.4 is 5.32 Å². The van der Waals surface area contributed by atoms with Gasteiger partial charge in [0.25, 0.3) is 5.89 Å². The van der Waals surface area contributed by atoms with Gasteiger partial charge in [0, 0.05) is 17.8 Å². The van der Waals surface area contributed by atoms with E-state index in [0.29, 0.717) is 17.7 Å². The van der Waals surface area contributed by atoms with Crippen molar-refractivity contribution in [3.63, 3.8) is 0 Å². The highest BCUT2D eigenvalue weighted by Gasteiger charge is 2.26. The fraction of sp³-hybridized carbons (Fsp3) is 0.316. The minimum absolute atomic E-state index is 0.0956. The van der Waals surface area contributed by atoms with E-state index in [1.165, 1.54) is 6.42 Å². The van der Waals surface area contributed by atoms with Gasteiger partial charge < -0.3 is 14.3 Å². The molecule has 1 amide bonds. The largest absolute Gasteiger partial charge is 0.419 e.